The van der Waals surface area contributed by atoms with E-state index in [9.17, 15) is 24.0 Å². The maximum atomic E-state index is 11.9. The molecular formula is C23H24O12. The molecule has 0 N–H and O–H groups in total. The van der Waals surface area contributed by atoms with Crippen molar-refractivity contribution < 1.29 is 52.0 Å². The molecule has 1 aromatic carbocycles. The van der Waals surface area contributed by atoms with Gasteiger partial charge in [-0.25, -0.2) is 4.79 Å². The number of carbonyl (C=O) groups excluding carboxylic acids is 4. The Hall–Kier alpha value is -3.93. The lowest BCUT2D eigenvalue weighted by molar-refractivity contribution is -0.288. The van der Waals surface area contributed by atoms with Gasteiger partial charge in [0, 0.05) is 45.2 Å². The molecule has 0 spiro atoms. The predicted octanol–water partition coefficient (Wildman–Crippen LogP) is 1.25. The molecule has 12 nitrogen and oxygen atoms in total. The summed E-state index contributed by atoms with van der Waals surface area (Å²) in [6.45, 7) is 4.15. The van der Waals surface area contributed by atoms with Gasteiger partial charge >= 0.3 is 29.5 Å². The predicted molar refractivity (Wildman–Crippen MR) is 115 cm³/mol. The number of benzene rings is 1. The Morgan fingerprint density at radius 3 is 2.03 bits per heavy atom. The standard InChI is InChI=1S/C23H24O12/c1-11(24)29-10-18-20(30-12(2)25)21(31-13(3)26)22(32-14(4)27)23(35-18)33-16-7-5-15-6-8-19(28)34-17(15)9-16/h5-9,18,20-23H,10H2,1-4H3/t18?,20-,21+,22-,23?/m1/s1. The van der Waals surface area contributed by atoms with Gasteiger partial charge in [0.05, 0.1) is 0 Å². The Bertz CT molecular complexity index is 1170. The minimum atomic E-state index is -1.40. The Labute approximate surface area is 199 Å². The van der Waals surface area contributed by atoms with Gasteiger partial charge in [-0.05, 0) is 18.2 Å². The Kier molecular flexibility index (Phi) is 8.07. The summed E-state index contributed by atoms with van der Waals surface area (Å²) in [5.74, 6) is -2.73. The van der Waals surface area contributed by atoms with Gasteiger partial charge in [0.2, 0.25) is 12.4 Å². The van der Waals surface area contributed by atoms with Crippen molar-refractivity contribution in [1.29, 1.82) is 0 Å². The van der Waals surface area contributed by atoms with E-state index in [4.69, 9.17) is 32.8 Å². The summed E-state index contributed by atoms with van der Waals surface area (Å²) in [5, 5.41) is 0.624. The molecule has 12 heteroatoms. The summed E-state index contributed by atoms with van der Waals surface area (Å²) >= 11 is 0. The van der Waals surface area contributed by atoms with Crippen molar-refractivity contribution in [2.75, 3.05) is 6.61 Å². The second-order valence-electron chi connectivity index (χ2n) is 7.64. The van der Waals surface area contributed by atoms with E-state index in [0.717, 1.165) is 20.8 Å². The van der Waals surface area contributed by atoms with E-state index < -0.39 is 60.2 Å². The summed E-state index contributed by atoms with van der Waals surface area (Å²) in [6.07, 6.45) is -6.59. The summed E-state index contributed by atoms with van der Waals surface area (Å²) in [5.41, 5.74) is -0.345. The third-order valence-corrected chi connectivity index (χ3v) is 4.79. The zero-order valence-electron chi connectivity index (χ0n) is 19.4. The summed E-state index contributed by atoms with van der Waals surface area (Å²) in [7, 11) is 0. The fourth-order valence-corrected chi connectivity index (χ4v) is 3.53. The van der Waals surface area contributed by atoms with Crippen LogP contribution in [0.1, 0.15) is 27.7 Å². The zero-order valence-corrected chi connectivity index (χ0v) is 19.4. The summed E-state index contributed by atoms with van der Waals surface area (Å²) in [4.78, 5) is 58.5. The fourth-order valence-electron chi connectivity index (χ4n) is 3.53. The Balaban J connectivity index is 2.01. The van der Waals surface area contributed by atoms with Gasteiger partial charge in [-0.1, -0.05) is 0 Å². The first-order valence-corrected chi connectivity index (χ1v) is 10.5. The van der Waals surface area contributed by atoms with Gasteiger partial charge in [-0.15, -0.1) is 0 Å². The molecule has 1 aromatic heterocycles. The van der Waals surface area contributed by atoms with E-state index in [0.29, 0.717) is 5.39 Å². The molecule has 1 saturated heterocycles. The van der Waals surface area contributed by atoms with E-state index >= 15 is 0 Å². The third kappa shape index (κ3) is 6.79. The van der Waals surface area contributed by atoms with E-state index in [-0.39, 0.29) is 17.9 Å². The first-order chi connectivity index (χ1) is 16.5. The van der Waals surface area contributed by atoms with Crippen molar-refractivity contribution in [3.8, 4) is 5.75 Å². The first kappa shape index (κ1) is 25.7. The van der Waals surface area contributed by atoms with Crippen LogP contribution in [-0.4, -0.2) is 61.2 Å². The molecule has 5 atom stereocenters. The average molecular weight is 492 g/mol. The van der Waals surface area contributed by atoms with E-state index in [1.54, 1.807) is 18.2 Å². The molecule has 0 saturated carbocycles. The fraction of sp³-hybridized carbons (Fsp3) is 0.435. The number of carbonyl (C=O) groups is 4. The lowest BCUT2D eigenvalue weighted by Crippen LogP contribution is -2.63. The molecule has 0 amide bonds. The van der Waals surface area contributed by atoms with Gasteiger partial charge < -0.3 is 32.8 Å². The molecule has 3 rings (SSSR count). The number of fused-ring (bicyclic) bond motifs is 1. The van der Waals surface area contributed by atoms with Crippen molar-refractivity contribution in [2.45, 2.75) is 58.4 Å². The van der Waals surface area contributed by atoms with Crippen LogP contribution in [0, 0.1) is 0 Å². The maximum Gasteiger partial charge on any atom is 0.336 e. The summed E-state index contributed by atoms with van der Waals surface area (Å²) < 4.78 is 37.9. The average Bonchev–Trinajstić information content (AvgIpc) is 2.75. The van der Waals surface area contributed by atoms with Crippen molar-refractivity contribution in [1.82, 2.24) is 0 Å². The molecule has 2 unspecified atom stereocenters. The van der Waals surface area contributed by atoms with Crippen LogP contribution < -0.4 is 10.4 Å². The van der Waals surface area contributed by atoms with Gasteiger partial charge in [-0.3, -0.25) is 19.2 Å². The molecule has 1 aliphatic heterocycles. The van der Waals surface area contributed by atoms with Crippen LogP contribution in [-0.2, 0) is 42.9 Å². The minimum Gasteiger partial charge on any atom is -0.463 e. The highest BCUT2D eigenvalue weighted by molar-refractivity contribution is 5.77. The van der Waals surface area contributed by atoms with Crippen LogP contribution in [0.5, 0.6) is 5.75 Å². The molecule has 1 fully saturated rings. The zero-order chi connectivity index (χ0) is 25.7. The third-order valence-electron chi connectivity index (χ3n) is 4.79. The maximum absolute atomic E-state index is 11.9. The SMILES string of the molecule is CC(=O)OCC1OC(Oc2ccc3ccc(=O)oc3c2)[C@H](OC(C)=O)[C@@H](OC(C)=O)[C@@H]1OC(C)=O. The van der Waals surface area contributed by atoms with E-state index in [1.165, 1.54) is 19.1 Å². The lowest BCUT2D eigenvalue weighted by Gasteiger charge is -2.43. The van der Waals surface area contributed by atoms with Gasteiger partial charge in [0.15, 0.2) is 12.2 Å². The van der Waals surface area contributed by atoms with Crippen LogP contribution in [0.25, 0.3) is 11.0 Å². The molecule has 35 heavy (non-hydrogen) atoms. The molecule has 2 heterocycles. The van der Waals surface area contributed by atoms with E-state index in [1.807, 2.05) is 0 Å². The van der Waals surface area contributed by atoms with E-state index in [2.05, 4.69) is 0 Å². The molecule has 0 radical (unpaired) electrons. The van der Waals surface area contributed by atoms with Crippen LogP contribution >= 0.6 is 0 Å². The summed E-state index contributed by atoms with van der Waals surface area (Å²) in [6, 6.07) is 7.43. The number of hydrogen-bond donors (Lipinski definition) is 0. The molecule has 188 valence electrons. The van der Waals surface area contributed by atoms with Gasteiger partial charge in [0.25, 0.3) is 0 Å². The number of esters is 4. The van der Waals surface area contributed by atoms with Gasteiger partial charge in [-0.2, -0.15) is 0 Å². The molecule has 0 bridgehead atoms. The van der Waals surface area contributed by atoms with Crippen molar-refractivity contribution in [3.63, 3.8) is 0 Å². The highest BCUT2D eigenvalue weighted by Crippen LogP contribution is 2.31. The molecule has 1 aliphatic rings. The number of rotatable bonds is 7. The quantitative estimate of drug-likeness (QED) is 0.310. The van der Waals surface area contributed by atoms with Crippen molar-refractivity contribution in [2.24, 2.45) is 0 Å². The second kappa shape index (κ2) is 11.0. The van der Waals surface area contributed by atoms with Crippen LogP contribution in [0.2, 0.25) is 0 Å². The van der Waals surface area contributed by atoms with Gasteiger partial charge in [0.1, 0.15) is 24.0 Å². The molecule has 2 aromatic rings. The van der Waals surface area contributed by atoms with Crippen molar-refractivity contribution in [3.05, 3.63) is 40.8 Å². The Morgan fingerprint density at radius 2 is 1.40 bits per heavy atom. The minimum absolute atomic E-state index is 0.160. The highest BCUT2D eigenvalue weighted by atomic mass is 16.7. The highest BCUT2D eigenvalue weighted by Gasteiger charge is 2.53. The number of ether oxygens (including phenoxy) is 6. The topological polar surface area (TPSA) is 154 Å². The van der Waals surface area contributed by atoms with Crippen LogP contribution in [0.3, 0.4) is 0 Å². The normalized spacial score (nSPS) is 23.7. The number of hydrogen-bond acceptors (Lipinski definition) is 12. The Morgan fingerprint density at radius 1 is 0.800 bits per heavy atom. The molecular weight excluding hydrogens is 468 g/mol. The van der Waals surface area contributed by atoms with Crippen LogP contribution in [0.15, 0.2) is 39.5 Å². The lowest BCUT2D eigenvalue weighted by atomic mass is 9.98. The van der Waals surface area contributed by atoms with Crippen LogP contribution in [0.4, 0.5) is 0 Å². The smallest absolute Gasteiger partial charge is 0.336 e. The second-order valence-corrected chi connectivity index (χ2v) is 7.64. The first-order valence-electron chi connectivity index (χ1n) is 10.5. The largest absolute Gasteiger partial charge is 0.463 e. The molecule has 0 aliphatic carbocycles. The monoisotopic (exact) mass is 492 g/mol. The van der Waals surface area contributed by atoms with Crippen molar-refractivity contribution >= 4 is 34.8 Å².